The Labute approximate surface area is 272 Å². The van der Waals surface area contributed by atoms with Crippen molar-refractivity contribution in [3.63, 3.8) is 0 Å². The van der Waals surface area contributed by atoms with Gasteiger partial charge in [-0.25, -0.2) is 4.79 Å². The van der Waals surface area contributed by atoms with Gasteiger partial charge in [-0.1, -0.05) is 6.07 Å². The molecule has 2 heterocycles. The van der Waals surface area contributed by atoms with E-state index in [1.807, 2.05) is 19.2 Å². The van der Waals surface area contributed by atoms with Crippen LogP contribution in [-0.2, 0) is 31.0 Å². The van der Waals surface area contributed by atoms with Gasteiger partial charge < -0.3 is 56.3 Å². The highest BCUT2D eigenvalue weighted by Crippen LogP contribution is 2.65. The Morgan fingerprint density at radius 3 is 2.74 bits per heavy atom. The van der Waals surface area contributed by atoms with Gasteiger partial charge in [-0.3, -0.25) is 19.4 Å². The number of likely N-dealkylation sites (tertiary alicyclic amines) is 1. The predicted octanol–water partition coefficient (Wildman–Crippen LogP) is -0.829. The number of piperidine rings is 1. The van der Waals surface area contributed by atoms with E-state index in [0.29, 0.717) is 36.5 Å². The van der Waals surface area contributed by atoms with Crippen molar-refractivity contribution >= 4 is 29.8 Å². The molecule has 1 spiro atoms. The Bertz CT molecular complexity index is 1500. The van der Waals surface area contributed by atoms with Gasteiger partial charge in [-0.2, -0.15) is 0 Å². The lowest BCUT2D eigenvalue weighted by atomic mass is 9.50. The average molecular weight is 658 g/mol. The smallest absolute Gasteiger partial charge is 0.414 e. The van der Waals surface area contributed by atoms with Crippen molar-refractivity contribution < 1.29 is 43.6 Å². The first kappa shape index (κ1) is 33.8. The second-order valence-electron chi connectivity index (χ2n) is 12.5. The molecule has 1 aromatic rings. The summed E-state index contributed by atoms with van der Waals surface area (Å²) in [5.74, 6) is -1.38. The molecule has 4 aliphatic rings. The third kappa shape index (κ3) is 6.14. The fourth-order valence-corrected chi connectivity index (χ4v) is 7.48. The number of aliphatic imine (C=N–C) groups is 1. The highest BCUT2D eigenvalue weighted by Gasteiger charge is 2.72. The molecule has 5 atom stereocenters. The van der Waals surface area contributed by atoms with E-state index in [9.17, 15) is 24.3 Å². The van der Waals surface area contributed by atoms with Crippen molar-refractivity contribution in [2.24, 2.45) is 16.5 Å². The summed E-state index contributed by atoms with van der Waals surface area (Å²) < 4.78 is 18.1. The highest BCUT2D eigenvalue weighted by atomic mass is 16.6. The summed E-state index contributed by atoms with van der Waals surface area (Å²) in [6, 6.07) is 2.72. The number of nitrogens with one attached hydrogen (secondary N) is 2. The summed E-state index contributed by atoms with van der Waals surface area (Å²) in [4.78, 5) is 56.5. The minimum atomic E-state index is -1.33. The van der Waals surface area contributed by atoms with Gasteiger partial charge in [0.05, 0.1) is 18.1 Å². The zero-order valence-electron chi connectivity index (χ0n) is 26.8. The molecule has 5 rings (SSSR count). The van der Waals surface area contributed by atoms with Crippen LogP contribution in [0.2, 0.25) is 0 Å². The standard InChI is InChI=1S/C31H43N7O9/c1-37-13-10-30-24-17-6-7-19(45-3)25(24)47-26(30)20(8-9-31(30,44)21(37)15-17)46-29(43)38(2)14-12-34-27(42)18(5-4-11-35-28(32)33)36-22(39)16-23(40)41/h6-8,18,21,26,44H,4-5,9-16H2,1-3H3,(H,34,42)(H,36,39)(H,40,41)(H4,32,33,35)/t18-,21+,26-,30-,31+/m0/s1. The predicted molar refractivity (Wildman–Crippen MR) is 168 cm³/mol. The van der Waals surface area contributed by atoms with Crippen LogP contribution < -0.4 is 31.6 Å². The number of nitrogens with two attached hydrogens (primary N) is 2. The zero-order chi connectivity index (χ0) is 34.1. The maximum atomic E-state index is 13.3. The number of carboxylic acid groups (broad SMARTS) is 1. The molecule has 2 aliphatic heterocycles. The summed E-state index contributed by atoms with van der Waals surface area (Å²) in [6.45, 7) is 1.03. The van der Waals surface area contributed by atoms with E-state index >= 15 is 0 Å². The van der Waals surface area contributed by atoms with Gasteiger partial charge in [0.15, 0.2) is 23.6 Å². The number of methoxy groups -OCH3 is 1. The second-order valence-corrected chi connectivity index (χ2v) is 12.5. The van der Waals surface area contributed by atoms with Gasteiger partial charge in [0.1, 0.15) is 18.2 Å². The number of rotatable bonds is 13. The van der Waals surface area contributed by atoms with Crippen molar-refractivity contribution in [3.05, 3.63) is 35.1 Å². The summed E-state index contributed by atoms with van der Waals surface area (Å²) in [6.07, 6.45) is 1.56. The number of hydrogen-bond acceptors (Lipinski definition) is 10. The van der Waals surface area contributed by atoms with Gasteiger partial charge >= 0.3 is 12.1 Å². The van der Waals surface area contributed by atoms with E-state index in [0.717, 1.165) is 17.7 Å². The molecule has 1 fully saturated rings. The number of hydrogen-bond donors (Lipinski definition) is 6. The molecule has 0 radical (unpaired) electrons. The SMILES string of the molecule is COc1ccc2c3c1O[C@H]1C(OC(=O)N(C)CCNC(=O)[C@H](CCCN=C(N)N)NC(=O)CC(=O)O)=CC[C@@]4(O)[C@@H](C2)N(C)CC[C@]314. The first-order chi connectivity index (χ1) is 22.3. The Kier molecular flexibility index (Phi) is 9.54. The second kappa shape index (κ2) is 13.3. The molecule has 0 unspecified atom stereocenters. The van der Waals surface area contributed by atoms with Gasteiger partial charge in [-0.05, 0) is 57.0 Å². The molecule has 0 saturated carbocycles. The lowest BCUT2D eigenvalue weighted by Gasteiger charge is -2.61. The summed E-state index contributed by atoms with van der Waals surface area (Å²) in [5.41, 5.74) is 10.7. The Morgan fingerprint density at radius 2 is 2.04 bits per heavy atom. The van der Waals surface area contributed by atoms with E-state index in [4.69, 9.17) is 30.8 Å². The van der Waals surface area contributed by atoms with Crippen LogP contribution >= 0.6 is 0 Å². The molecular formula is C31H43N7O9. The number of aliphatic hydroxyl groups is 1. The third-order valence-corrected chi connectivity index (χ3v) is 9.73. The molecular weight excluding hydrogens is 614 g/mol. The largest absolute Gasteiger partial charge is 0.493 e. The quantitative estimate of drug-likeness (QED) is 0.0661. The molecule has 16 heteroatoms. The third-order valence-electron chi connectivity index (χ3n) is 9.73. The molecule has 0 aromatic heterocycles. The number of guanidine groups is 1. The van der Waals surface area contributed by atoms with Crippen molar-refractivity contribution in [1.82, 2.24) is 20.4 Å². The number of nitrogens with zero attached hydrogens (tertiary/aromatic N) is 3. The van der Waals surface area contributed by atoms with Gasteiger partial charge in [0.2, 0.25) is 11.8 Å². The van der Waals surface area contributed by atoms with E-state index in [2.05, 4.69) is 20.5 Å². The van der Waals surface area contributed by atoms with E-state index in [1.165, 1.54) is 11.9 Å². The lowest BCUT2D eigenvalue weighted by molar-refractivity contribution is -0.163. The highest BCUT2D eigenvalue weighted by molar-refractivity contribution is 5.96. The molecule has 1 saturated heterocycles. The number of carboxylic acids is 1. The average Bonchev–Trinajstić information content (AvgIpc) is 3.37. The Balaban J connectivity index is 1.23. The van der Waals surface area contributed by atoms with Crippen LogP contribution in [0.1, 0.15) is 43.2 Å². The molecule has 16 nitrogen and oxygen atoms in total. The van der Waals surface area contributed by atoms with Gasteiger partial charge in [0, 0.05) is 44.7 Å². The molecule has 3 amide bonds. The maximum absolute atomic E-state index is 13.3. The molecule has 256 valence electrons. The Hall–Kier alpha value is -4.57. The van der Waals surface area contributed by atoms with Crippen LogP contribution in [0.25, 0.3) is 0 Å². The van der Waals surface area contributed by atoms with Crippen LogP contribution in [-0.4, -0.2) is 121 Å². The van der Waals surface area contributed by atoms with Crippen LogP contribution in [0.5, 0.6) is 11.5 Å². The number of carbonyl (C=O) groups excluding carboxylic acids is 3. The first-order valence-electron chi connectivity index (χ1n) is 15.6. The number of benzene rings is 1. The topological polar surface area (TPSA) is 231 Å². The molecule has 2 bridgehead atoms. The minimum absolute atomic E-state index is 0.0202. The molecule has 2 aliphatic carbocycles. The number of aliphatic carboxylic acids is 1. The van der Waals surface area contributed by atoms with Crippen molar-refractivity contribution in [3.8, 4) is 11.5 Å². The Morgan fingerprint density at radius 1 is 1.28 bits per heavy atom. The number of likely N-dealkylation sites (N-methyl/N-ethyl adjacent to an activating group) is 2. The van der Waals surface area contributed by atoms with Crippen molar-refractivity contribution in [1.29, 1.82) is 0 Å². The lowest BCUT2D eigenvalue weighted by Crippen LogP contribution is -2.74. The fraction of sp³-hybridized carbons (Fsp3) is 0.581. The minimum Gasteiger partial charge on any atom is -0.493 e. The summed E-state index contributed by atoms with van der Waals surface area (Å²) in [7, 11) is 5.10. The van der Waals surface area contributed by atoms with Crippen molar-refractivity contribution in [2.75, 3.05) is 47.4 Å². The van der Waals surface area contributed by atoms with Crippen LogP contribution in [0.3, 0.4) is 0 Å². The molecule has 1 aromatic carbocycles. The number of amides is 3. The number of carbonyl (C=O) groups is 4. The maximum Gasteiger partial charge on any atom is 0.414 e. The van der Waals surface area contributed by atoms with Crippen LogP contribution in [0.15, 0.2) is 29.0 Å². The summed E-state index contributed by atoms with van der Waals surface area (Å²) in [5, 5.41) is 26.3. The number of ether oxygens (including phenoxy) is 3. The van der Waals surface area contributed by atoms with E-state index in [-0.39, 0.29) is 44.5 Å². The molecule has 47 heavy (non-hydrogen) atoms. The van der Waals surface area contributed by atoms with E-state index < -0.39 is 53.5 Å². The monoisotopic (exact) mass is 657 g/mol. The molecule has 8 N–H and O–H groups in total. The van der Waals surface area contributed by atoms with Gasteiger partial charge in [0.25, 0.3) is 0 Å². The first-order valence-corrected chi connectivity index (χ1v) is 15.6. The van der Waals surface area contributed by atoms with Crippen LogP contribution in [0, 0.1) is 0 Å². The zero-order valence-corrected chi connectivity index (χ0v) is 26.8. The normalized spacial score (nSPS) is 25.7. The van der Waals surface area contributed by atoms with E-state index in [1.54, 1.807) is 13.2 Å². The fourth-order valence-electron chi connectivity index (χ4n) is 7.48. The van der Waals surface area contributed by atoms with Gasteiger partial charge in [-0.15, -0.1) is 0 Å². The summed E-state index contributed by atoms with van der Waals surface area (Å²) >= 11 is 0. The van der Waals surface area contributed by atoms with Crippen LogP contribution in [0.4, 0.5) is 4.79 Å². The van der Waals surface area contributed by atoms with Crippen molar-refractivity contribution in [2.45, 2.75) is 67.7 Å².